The van der Waals surface area contributed by atoms with Gasteiger partial charge in [-0.05, 0) is 37.6 Å². The van der Waals surface area contributed by atoms with Crippen LogP contribution in [0.5, 0.6) is 0 Å². The number of hydrogen-bond acceptors (Lipinski definition) is 3. The van der Waals surface area contributed by atoms with E-state index >= 15 is 0 Å². The molecule has 1 aromatic heterocycles. The van der Waals surface area contributed by atoms with Gasteiger partial charge in [-0.2, -0.15) is 5.26 Å². The topological polar surface area (TPSA) is 48.7 Å². The van der Waals surface area contributed by atoms with Crippen molar-refractivity contribution in [2.45, 2.75) is 13.8 Å². The van der Waals surface area contributed by atoms with Crippen molar-refractivity contribution in [2.24, 2.45) is 0 Å². The van der Waals surface area contributed by atoms with Crippen LogP contribution in [0.3, 0.4) is 0 Å². The van der Waals surface area contributed by atoms with E-state index in [0.717, 1.165) is 27.8 Å². The van der Waals surface area contributed by atoms with Crippen LogP contribution in [0.4, 0.5) is 5.82 Å². The normalized spacial score (nSPS) is 10.0. The van der Waals surface area contributed by atoms with E-state index in [1.165, 1.54) is 0 Å². The molecule has 0 amide bonds. The van der Waals surface area contributed by atoms with Gasteiger partial charge in [-0.15, -0.1) is 0 Å². The van der Waals surface area contributed by atoms with E-state index < -0.39 is 0 Å². The highest BCUT2D eigenvalue weighted by atomic mass is 79.9. The second-order valence-corrected chi connectivity index (χ2v) is 5.12. The molecule has 96 valence electrons. The summed E-state index contributed by atoms with van der Waals surface area (Å²) < 4.78 is 1.01. The molecule has 2 rings (SSSR count). The number of benzene rings is 1. The molecular formula is C15H14BrN3. The van der Waals surface area contributed by atoms with Gasteiger partial charge in [-0.3, -0.25) is 0 Å². The summed E-state index contributed by atoms with van der Waals surface area (Å²) in [6.07, 6.45) is 0. The predicted octanol–water partition coefficient (Wildman–Crippen LogP) is 4.12. The summed E-state index contributed by atoms with van der Waals surface area (Å²) in [6.45, 7) is 4.70. The molecule has 1 N–H and O–H groups in total. The monoisotopic (exact) mass is 315 g/mol. The first-order valence-corrected chi connectivity index (χ1v) is 6.86. The Kier molecular flexibility index (Phi) is 4.18. The first kappa shape index (κ1) is 13.6. The summed E-state index contributed by atoms with van der Waals surface area (Å²) in [4.78, 5) is 4.59. The number of pyridine rings is 1. The van der Waals surface area contributed by atoms with Gasteiger partial charge in [-0.25, -0.2) is 4.98 Å². The smallest absolute Gasteiger partial charge is 0.144 e. The van der Waals surface area contributed by atoms with Crippen molar-refractivity contribution in [3.63, 3.8) is 0 Å². The molecule has 2 aromatic rings. The maximum absolute atomic E-state index is 9.14. The Hall–Kier alpha value is -1.86. The van der Waals surface area contributed by atoms with Gasteiger partial charge in [0.2, 0.25) is 0 Å². The fourth-order valence-corrected chi connectivity index (χ4v) is 2.33. The lowest BCUT2D eigenvalue weighted by Crippen LogP contribution is -2.04. The van der Waals surface area contributed by atoms with Crippen LogP contribution in [-0.4, -0.2) is 11.5 Å². The third kappa shape index (κ3) is 2.94. The van der Waals surface area contributed by atoms with Crippen LogP contribution < -0.4 is 5.32 Å². The number of nitrogens with one attached hydrogen (secondary N) is 1. The molecule has 0 aliphatic heterocycles. The summed E-state index contributed by atoms with van der Waals surface area (Å²) >= 11 is 3.47. The highest BCUT2D eigenvalue weighted by Gasteiger charge is 2.10. The lowest BCUT2D eigenvalue weighted by Gasteiger charge is -2.11. The summed E-state index contributed by atoms with van der Waals surface area (Å²) in [7, 11) is 0. The first-order chi connectivity index (χ1) is 9.15. The molecule has 0 unspecified atom stereocenters. The largest absolute Gasteiger partial charge is 0.369 e. The molecule has 0 atom stereocenters. The summed E-state index contributed by atoms with van der Waals surface area (Å²) in [5, 5.41) is 12.3. The maximum Gasteiger partial charge on any atom is 0.144 e. The van der Waals surface area contributed by atoms with Gasteiger partial charge >= 0.3 is 0 Å². The quantitative estimate of drug-likeness (QED) is 0.926. The minimum absolute atomic E-state index is 0.582. The van der Waals surface area contributed by atoms with Crippen molar-refractivity contribution in [3.05, 3.63) is 45.9 Å². The highest BCUT2D eigenvalue weighted by Crippen LogP contribution is 2.27. The van der Waals surface area contributed by atoms with Gasteiger partial charge in [0.05, 0.1) is 11.3 Å². The standard InChI is InChI=1S/C15H14BrN3/c1-3-18-15-12(9-17)7-10(2)14(19-15)11-5-4-6-13(16)8-11/h4-8H,3H2,1-2H3,(H,18,19). The van der Waals surface area contributed by atoms with E-state index in [0.29, 0.717) is 11.4 Å². The Balaban J connectivity index is 2.58. The van der Waals surface area contributed by atoms with Crippen molar-refractivity contribution in [1.82, 2.24) is 4.98 Å². The third-order valence-electron chi connectivity index (χ3n) is 2.78. The van der Waals surface area contributed by atoms with Crippen LogP contribution in [0.1, 0.15) is 18.1 Å². The zero-order valence-electron chi connectivity index (χ0n) is 10.9. The molecule has 1 heterocycles. The predicted molar refractivity (Wildman–Crippen MR) is 81.0 cm³/mol. The Bertz CT molecular complexity index is 644. The molecule has 3 nitrogen and oxygen atoms in total. The lowest BCUT2D eigenvalue weighted by atomic mass is 10.0. The average Bonchev–Trinajstić information content (AvgIpc) is 2.40. The Morgan fingerprint density at radius 2 is 2.16 bits per heavy atom. The second-order valence-electron chi connectivity index (χ2n) is 4.20. The van der Waals surface area contributed by atoms with E-state index in [1.807, 2.05) is 44.2 Å². The van der Waals surface area contributed by atoms with Crippen molar-refractivity contribution >= 4 is 21.7 Å². The van der Waals surface area contributed by atoms with Gasteiger partial charge in [0.15, 0.2) is 0 Å². The minimum Gasteiger partial charge on any atom is -0.369 e. The SMILES string of the molecule is CCNc1nc(-c2cccc(Br)c2)c(C)cc1C#N. The Morgan fingerprint density at radius 1 is 1.37 bits per heavy atom. The zero-order valence-corrected chi connectivity index (χ0v) is 12.5. The zero-order chi connectivity index (χ0) is 13.8. The number of aryl methyl sites for hydroxylation is 1. The van der Waals surface area contributed by atoms with Gasteiger partial charge in [0.25, 0.3) is 0 Å². The number of halogens is 1. The molecule has 0 radical (unpaired) electrons. The van der Waals surface area contributed by atoms with E-state index in [-0.39, 0.29) is 0 Å². The minimum atomic E-state index is 0.582. The van der Waals surface area contributed by atoms with Crippen molar-refractivity contribution in [3.8, 4) is 17.3 Å². The Labute approximate surface area is 121 Å². The molecule has 4 heteroatoms. The number of anilines is 1. The summed E-state index contributed by atoms with van der Waals surface area (Å²) in [5.74, 6) is 0.644. The first-order valence-electron chi connectivity index (χ1n) is 6.07. The molecule has 19 heavy (non-hydrogen) atoms. The van der Waals surface area contributed by atoms with E-state index in [9.17, 15) is 0 Å². The summed E-state index contributed by atoms with van der Waals surface area (Å²) in [6, 6.07) is 12.1. The van der Waals surface area contributed by atoms with Crippen LogP contribution in [-0.2, 0) is 0 Å². The second kappa shape index (κ2) is 5.85. The molecule has 0 aliphatic rings. The molecular weight excluding hydrogens is 302 g/mol. The molecule has 0 bridgehead atoms. The van der Waals surface area contributed by atoms with Crippen LogP contribution in [0.25, 0.3) is 11.3 Å². The number of nitrogens with zero attached hydrogens (tertiary/aromatic N) is 2. The van der Waals surface area contributed by atoms with Gasteiger partial charge < -0.3 is 5.32 Å². The van der Waals surface area contributed by atoms with Crippen LogP contribution >= 0.6 is 15.9 Å². The van der Waals surface area contributed by atoms with Crippen LogP contribution in [0.2, 0.25) is 0 Å². The number of aromatic nitrogens is 1. The highest BCUT2D eigenvalue weighted by molar-refractivity contribution is 9.10. The van der Waals surface area contributed by atoms with Crippen molar-refractivity contribution in [1.29, 1.82) is 5.26 Å². The van der Waals surface area contributed by atoms with Gasteiger partial charge in [-0.1, -0.05) is 28.1 Å². The van der Waals surface area contributed by atoms with Crippen molar-refractivity contribution in [2.75, 3.05) is 11.9 Å². The van der Waals surface area contributed by atoms with Gasteiger partial charge in [0, 0.05) is 16.6 Å². The maximum atomic E-state index is 9.14. The Morgan fingerprint density at radius 3 is 2.79 bits per heavy atom. The molecule has 1 aromatic carbocycles. The average molecular weight is 316 g/mol. The molecule has 0 saturated heterocycles. The van der Waals surface area contributed by atoms with Gasteiger partial charge in [0.1, 0.15) is 11.9 Å². The fraction of sp³-hybridized carbons (Fsp3) is 0.200. The molecule has 0 spiro atoms. The van der Waals surface area contributed by atoms with E-state index in [1.54, 1.807) is 0 Å². The fourth-order valence-electron chi connectivity index (χ4n) is 1.93. The molecule has 0 saturated carbocycles. The molecule has 0 fully saturated rings. The lowest BCUT2D eigenvalue weighted by molar-refractivity contribution is 1.14. The van der Waals surface area contributed by atoms with Crippen LogP contribution in [0, 0.1) is 18.3 Å². The number of rotatable bonds is 3. The van der Waals surface area contributed by atoms with Crippen LogP contribution in [0.15, 0.2) is 34.8 Å². The third-order valence-corrected chi connectivity index (χ3v) is 3.27. The number of hydrogen-bond donors (Lipinski definition) is 1. The van der Waals surface area contributed by atoms with E-state index in [2.05, 4.69) is 32.3 Å². The van der Waals surface area contributed by atoms with Crippen molar-refractivity contribution < 1.29 is 0 Å². The number of nitriles is 1. The molecule has 0 aliphatic carbocycles. The van der Waals surface area contributed by atoms with E-state index in [4.69, 9.17) is 5.26 Å². The summed E-state index contributed by atoms with van der Waals surface area (Å²) in [5.41, 5.74) is 3.51.